The summed E-state index contributed by atoms with van der Waals surface area (Å²) >= 11 is 0. The predicted molar refractivity (Wildman–Crippen MR) is 67.9 cm³/mol. The van der Waals surface area contributed by atoms with E-state index in [1.54, 1.807) is 11.9 Å². The van der Waals surface area contributed by atoms with Gasteiger partial charge in [-0.05, 0) is 6.42 Å². The average molecular weight is 285 g/mol. The Bertz CT molecular complexity index is 427. The topological polar surface area (TPSA) is 110 Å². The third-order valence-electron chi connectivity index (χ3n) is 3.78. The minimum atomic E-state index is -1.12. The van der Waals surface area contributed by atoms with Crippen molar-refractivity contribution in [3.63, 3.8) is 0 Å². The van der Waals surface area contributed by atoms with Crippen molar-refractivity contribution in [1.82, 2.24) is 15.1 Å². The van der Waals surface area contributed by atoms with Gasteiger partial charge >= 0.3 is 12.0 Å². The van der Waals surface area contributed by atoms with Crippen LogP contribution in [0, 0.1) is 0 Å². The van der Waals surface area contributed by atoms with Crippen molar-refractivity contribution in [2.24, 2.45) is 0 Å². The molecule has 112 valence electrons. The van der Waals surface area contributed by atoms with E-state index in [1.807, 2.05) is 0 Å². The van der Waals surface area contributed by atoms with Crippen molar-refractivity contribution in [2.75, 3.05) is 20.1 Å². The molecule has 2 rings (SSSR count). The zero-order chi connectivity index (χ0) is 14.9. The highest BCUT2D eigenvalue weighted by Gasteiger charge is 2.39. The molecule has 3 N–H and O–H groups in total. The van der Waals surface area contributed by atoms with E-state index in [-0.39, 0.29) is 24.9 Å². The first-order valence-electron chi connectivity index (χ1n) is 6.60. The Morgan fingerprint density at radius 2 is 2.05 bits per heavy atom. The summed E-state index contributed by atoms with van der Waals surface area (Å²) in [5, 5.41) is 21.3. The van der Waals surface area contributed by atoms with Crippen LogP contribution >= 0.6 is 0 Å². The first kappa shape index (κ1) is 14.6. The molecule has 3 atom stereocenters. The summed E-state index contributed by atoms with van der Waals surface area (Å²) in [7, 11) is 1.67. The number of β-amino-alcohol motifs (C(OH)–C–C–N with tert-alkyl or cyclic N) is 1. The molecule has 0 radical (unpaired) electrons. The van der Waals surface area contributed by atoms with Gasteiger partial charge in [0.25, 0.3) is 0 Å². The molecule has 20 heavy (non-hydrogen) atoms. The Hall–Kier alpha value is -1.83. The lowest BCUT2D eigenvalue weighted by Crippen LogP contribution is -2.54. The molecule has 2 unspecified atom stereocenters. The van der Waals surface area contributed by atoms with Gasteiger partial charge in [0.1, 0.15) is 6.04 Å². The number of carbonyl (C=O) groups excluding carboxylic acids is 2. The summed E-state index contributed by atoms with van der Waals surface area (Å²) in [5.74, 6) is -1.08. The fourth-order valence-corrected chi connectivity index (χ4v) is 2.66. The number of likely N-dealkylation sites (tertiary alicyclic amines) is 2. The molecule has 2 fully saturated rings. The zero-order valence-corrected chi connectivity index (χ0v) is 11.3. The maximum absolute atomic E-state index is 12.1. The number of nitrogens with one attached hydrogen (secondary N) is 1. The average Bonchev–Trinajstić information content (AvgIpc) is 2.76. The number of carbonyl (C=O) groups is 3. The lowest BCUT2D eigenvalue weighted by atomic mass is 10.1. The Kier molecular flexibility index (Phi) is 4.12. The van der Waals surface area contributed by atoms with Crippen molar-refractivity contribution in [3.8, 4) is 0 Å². The number of nitrogens with zero attached hydrogens (tertiary/aromatic N) is 2. The number of aliphatic hydroxyl groups excluding tert-OH is 1. The SMILES string of the molecule is CN1CC(NC(=O)N2CC(O)C[C@H]2C(=O)O)CCC1=O. The highest BCUT2D eigenvalue weighted by atomic mass is 16.4. The van der Waals surface area contributed by atoms with E-state index in [0.29, 0.717) is 19.4 Å². The quantitative estimate of drug-likeness (QED) is 0.592. The minimum Gasteiger partial charge on any atom is -0.480 e. The van der Waals surface area contributed by atoms with E-state index < -0.39 is 24.1 Å². The van der Waals surface area contributed by atoms with E-state index in [9.17, 15) is 19.5 Å². The largest absolute Gasteiger partial charge is 0.480 e. The first-order valence-corrected chi connectivity index (χ1v) is 6.60. The van der Waals surface area contributed by atoms with Gasteiger partial charge in [0.05, 0.1) is 6.10 Å². The molecule has 2 heterocycles. The maximum Gasteiger partial charge on any atom is 0.326 e. The van der Waals surface area contributed by atoms with E-state index in [4.69, 9.17) is 5.11 Å². The van der Waals surface area contributed by atoms with E-state index in [2.05, 4.69) is 5.32 Å². The number of carboxylic acids is 1. The zero-order valence-electron chi connectivity index (χ0n) is 11.3. The number of urea groups is 1. The number of aliphatic hydroxyl groups is 1. The molecule has 0 aromatic heterocycles. The molecule has 0 aromatic carbocycles. The van der Waals surface area contributed by atoms with Gasteiger partial charge in [-0.25, -0.2) is 9.59 Å². The third-order valence-corrected chi connectivity index (χ3v) is 3.78. The Morgan fingerprint density at radius 3 is 2.65 bits per heavy atom. The molecule has 2 aliphatic heterocycles. The minimum absolute atomic E-state index is 0.0181. The molecule has 8 heteroatoms. The van der Waals surface area contributed by atoms with Gasteiger partial charge in [-0.15, -0.1) is 0 Å². The third kappa shape index (κ3) is 3.01. The van der Waals surface area contributed by atoms with Crippen molar-refractivity contribution in [1.29, 1.82) is 0 Å². The standard InChI is InChI=1S/C12H19N3O5/c1-14-5-7(2-3-10(14)17)13-12(20)15-6-8(16)4-9(15)11(18)19/h7-9,16H,2-6H2,1H3,(H,13,20)(H,18,19)/t7?,8?,9-/m0/s1. The Balaban J connectivity index is 1.94. The van der Waals surface area contributed by atoms with Crippen LogP contribution in [0.4, 0.5) is 4.79 Å². The van der Waals surface area contributed by atoms with Crippen LogP contribution in [0.1, 0.15) is 19.3 Å². The molecule has 0 saturated carbocycles. The molecule has 0 aliphatic carbocycles. The van der Waals surface area contributed by atoms with Crippen LogP contribution in [0.3, 0.4) is 0 Å². The lowest BCUT2D eigenvalue weighted by Gasteiger charge is -2.32. The van der Waals surface area contributed by atoms with E-state index in [1.165, 1.54) is 0 Å². The van der Waals surface area contributed by atoms with Gasteiger partial charge < -0.3 is 25.3 Å². The lowest BCUT2D eigenvalue weighted by molar-refractivity contribution is -0.141. The number of hydrogen-bond acceptors (Lipinski definition) is 4. The van der Waals surface area contributed by atoms with Crippen molar-refractivity contribution < 1.29 is 24.6 Å². The molecular formula is C12H19N3O5. The second kappa shape index (κ2) is 5.66. The molecule has 3 amide bonds. The summed E-state index contributed by atoms with van der Waals surface area (Å²) < 4.78 is 0. The summed E-state index contributed by atoms with van der Waals surface area (Å²) in [6.07, 6.45) is 0.152. The smallest absolute Gasteiger partial charge is 0.326 e. The van der Waals surface area contributed by atoms with Gasteiger partial charge in [0, 0.05) is 39.0 Å². The molecule has 8 nitrogen and oxygen atoms in total. The van der Waals surface area contributed by atoms with Gasteiger partial charge in [0.2, 0.25) is 5.91 Å². The van der Waals surface area contributed by atoms with Crippen molar-refractivity contribution in [3.05, 3.63) is 0 Å². The van der Waals surface area contributed by atoms with Crippen LogP contribution in [-0.2, 0) is 9.59 Å². The summed E-state index contributed by atoms with van der Waals surface area (Å²) in [6, 6.07) is -1.67. The fourth-order valence-electron chi connectivity index (χ4n) is 2.66. The number of carboxylic acid groups (broad SMARTS) is 1. The molecule has 0 bridgehead atoms. The highest BCUT2D eigenvalue weighted by molar-refractivity contribution is 5.84. The van der Waals surface area contributed by atoms with Crippen LogP contribution in [0.15, 0.2) is 0 Å². The number of aliphatic carboxylic acids is 1. The molecule has 0 aromatic rings. The number of piperidine rings is 1. The molecular weight excluding hydrogens is 266 g/mol. The van der Waals surface area contributed by atoms with Crippen LogP contribution < -0.4 is 5.32 Å². The predicted octanol–water partition coefficient (Wildman–Crippen LogP) is -1.16. The van der Waals surface area contributed by atoms with Crippen molar-refractivity contribution >= 4 is 17.9 Å². The van der Waals surface area contributed by atoms with Gasteiger partial charge in [-0.1, -0.05) is 0 Å². The number of amides is 3. The van der Waals surface area contributed by atoms with Crippen LogP contribution in [0.5, 0.6) is 0 Å². The second-order valence-electron chi connectivity index (χ2n) is 5.36. The van der Waals surface area contributed by atoms with Crippen LogP contribution in [-0.4, -0.2) is 76.2 Å². The van der Waals surface area contributed by atoms with Gasteiger partial charge in [-0.3, -0.25) is 4.79 Å². The van der Waals surface area contributed by atoms with E-state index in [0.717, 1.165) is 4.90 Å². The maximum atomic E-state index is 12.1. The normalized spacial score (nSPS) is 30.5. The Labute approximate surface area is 116 Å². The van der Waals surface area contributed by atoms with Gasteiger partial charge in [0.15, 0.2) is 0 Å². The van der Waals surface area contributed by atoms with Crippen LogP contribution in [0.25, 0.3) is 0 Å². The van der Waals surface area contributed by atoms with Gasteiger partial charge in [-0.2, -0.15) is 0 Å². The number of hydrogen-bond donors (Lipinski definition) is 3. The number of likely N-dealkylation sites (N-methyl/N-ethyl adjacent to an activating group) is 1. The number of rotatable bonds is 2. The second-order valence-corrected chi connectivity index (χ2v) is 5.36. The fraction of sp³-hybridized carbons (Fsp3) is 0.750. The molecule has 0 spiro atoms. The summed E-state index contributed by atoms with van der Waals surface area (Å²) in [4.78, 5) is 37.2. The molecule has 2 saturated heterocycles. The first-order chi connectivity index (χ1) is 9.38. The monoisotopic (exact) mass is 285 g/mol. The van der Waals surface area contributed by atoms with Crippen LogP contribution in [0.2, 0.25) is 0 Å². The van der Waals surface area contributed by atoms with E-state index >= 15 is 0 Å². The van der Waals surface area contributed by atoms with Crippen molar-refractivity contribution in [2.45, 2.75) is 37.5 Å². The summed E-state index contributed by atoms with van der Waals surface area (Å²) in [5.41, 5.74) is 0. The summed E-state index contributed by atoms with van der Waals surface area (Å²) in [6.45, 7) is 0.434. The molecule has 2 aliphatic rings. The Morgan fingerprint density at radius 1 is 1.35 bits per heavy atom. The highest BCUT2D eigenvalue weighted by Crippen LogP contribution is 2.19.